The average molecular weight is 331 g/mol. The highest BCUT2D eigenvalue weighted by atomic mass is 19.3. The van der Waals surface area contributed by atoms with E-state index in [0.29, 0.717) is 16.9 Å². The van der Waals surface area contributed by atoms with Gasteiger partial charge in [0.1, 0.15) is 5.52 Å². The lowest BCUT2D eigenvalue weighted by Crippen LogP contribution is -2.39. The summed E-state index contributed by atoms with van der Waals surface area (Å²) in [5, 5.41) is 0. The summed E-state index contributed by atoms with van der Waals surface area (Å²) >= 11 is 0. The lowest BCUT2D eigenvalue weighted by atomic mass is 10.0. The first-order valence-corrected chi connectivity index (χ1v) is 7.89. The maximum atomic E-state index is 13.4. The van der Waals surface area contributed by atoms with Crippen LogP contribution in [0.4, 0.5) is 20.4 Å². The summed E-state index contributed by atoms with van der Waals surface area (Å²) in [6.07, 6.45) is -0.476. The number of fused-ring (bicyclic) bond motifs is 1. The molecule has 1 aliphatic heterocycles. The van der Waals surface area contributed by atoms with Gasteiger partial charge in [-0.3, -0.25) is 0 Å². The Morgan fingerprint density at radius 1 is 1.29 bits per heavy atom. The number of rotatable bonds is 2. The van der Waals surface area contributed by atoms with Gasteiger partial charge in [0.2, 0.25) is 0 Å². The molecular formula is C17H19F2N5. The summed E-state index contributed by atoms with van der Waals surface area (Å²) in [5.74, 6) is -2.12. The van der Waals surface area contributed by atoms with Crippen LogP contribution in [-0.2, 0) is 0 Å². The Morgan fingerprint density at radius 3 is 2.54 bits per heavy atom. The largest absolute Gasteiger partial charge is 0.363 e. The second-order valence-electron chi connectivity index (χ2n) is 6.34. The number of nitrogens with zero attached hydrogens (tertiary/aromatic N) is 4. The van der Waals surface area contributed by atoms with Crippen LogP contribution >= 0.6 is 0 Å². The highest BCUT2D eigenvalue weighted by Crippen LogP contribution is 2.35. The first-order valence-electron chi connectivity index (χ1n) is 7.89. The van der Waals surface area contributed by atoms with E-state index in [-0.39, 0.29) is 37.8 Å². The third-order valence-electron chi connectivity index (χ3n) is 4.30. The van der Waals surface area contributed by atoms with Crippen LogP contribution in [0.3, 0.4) is 0 Å². The minimum Gasteiger partial charge on any atom is -0.363 e. The number of hydrogen-bond donors (Lipinski definition) is 1. The molecule has 1 aromatic heterocycles. The van der Waals surface area contributed by atoms with E-state index >= 15 is 0 Å². The molecule has 1 aliphatic rings. The standard InChI is InChI=1S/C17H19F2N5/c1-10-8-12(11(2)20)14-13(9-10)22-15(21-3)16(23-14)24-6-4-17(18,19)5-7-24/h8-9,11H,4-7,20H2,1-2H3/t11-/m1/s1. The van der Waals surface area contributed by atoms with Gasteiger partial charge in [0, 0.05) is 32.0 Å². The zero-order valence-corrected chi connectivity index (χ0v) is 13.7. The van der Waals surface area contributed by atoms with E-state index in [1.54, 1.807) is 4.90 Å². The Kier molecular flexibility index (Phi) is 4.10. The van der Waals surface area contributed by atoms with Gasteiger partial charge >= 0.3 is 5.82 Å². The van der Waals surface area contributed by atoms with Gasteiger partial charge in [0.05, 0.1) is 0 Å². The molecule has 7 heteroatoms. The maximum Gasteiger partial charge on any atom is 0.312 e. The topological polar surface area (TPSA) is 59.4 Å². The van der Waals surface area contributed by atoms with Crippen LogP contribution in [0.1, 0.15) is 36.9 Å². The van der Waals surface area contributed by atoms with Gasteiger partial charge in [0.25, 0.3) is 5.92 Å². The summed E-state index contributed by atoms with van der Waals surface area (Å²) in [6.45, 7) is 11.5. The van der Waals surface area contributed by atoms with Gasteiger partial charge in [-0.25, -0.2) is 13.8 Å². The molecule has 1 aromatic carbocycles. The van der Waals surface area contributed by atoms with E-state index in [2.05, 4.69) is 14.8 Å². The Hall–Kier alpha value is -2.33. The van der Waals surface area contributed by atoms with Crippen molar-refractivity contribution < 1.29 is 8.78 Å². The van der Waals surface area contributed by atoms with E-state index in [0.717, 1.165) is 11.1 Å². The number of hydrogen-bond acceptors (Lipinski definition) is 4. The highest BCUT2D eigenvalue weighted by molar-refractivity contribution is 5.84. The molecule has 5 nitrogen and oxygen atoms in total. The van der Waals surface area contributed by atoms with Crippen molar-refractivity contribution in [2.24, 2.45) is 5.73 Å². The molecule has 0 spiro atoms. The SMILES string of the molecule is [C-]#[N+]c1nc2cc(C)cc([C@@H](C)N)c2nc1N1CCC(F)(F)CC1. The first-order chi connectivity index (χ1) is 11.3. The number of halogens is 2. The van der Waals surface area contributed by atoms with Crippen molar-refractivity contribution in [3.8, 4) is 0 Å². The van der Waals surface area contributed by atoms with E-state index in [1.807, 2.05) is 26.0 Å². The van der Waals surface area contributed by atoms with Crippen LogP contribution in [0.15, 0.2) is 12.1 Å². The predicted octanol–water partition coefficient (Wildman–Crippen LogP) is 3.74. The summed E-state index contributed by atoms with van der Waals surface area (Å²) in [7, 11) is 0. The Labute approximate surface area is 139 Å². The number of alkyl halides is 2. The van der Waals surface area contributed by atoms with Crippen molar-refractivity contribution in [1.29, 1.82) is 0 Å². The van der Waals surface area contributed by atoms with Crippen LogP contribution in [-0.4, -0.2) is 29.0 Å². The molecule has 0 bridgehead atoms. The van der Waals surface area contributed by atoms with Crippen LogP contribution < -0.4 is 10.6 Å². The van der Waals surface area contributed by atoms with Crippen LogP contribution in [0.25, 0.3) is 15.9 Å². The van der Waals surface area contributed by atoms with Crippen molar-refractivity contribution in [2.75, 3.05) is 18.0 Å². The third kappa shape index (κ3) is 3.02. The summed E-state index contributed by atoms with van der Waals surface area (Å²) in [4.78, 5) is 14.2. The Bertz CT molecular complexity index is 816. The maximum absolute atomic E-state index is 13.4. The molecule has 0 saturated carbocycles. The van der Waals surface area contributed by atoms with E-state index < -0.39 is 5.92 Å². The van der Waals surface area contributed by atoms with Crippen molar-refractivity contribution in [1.82, 2.24) is 9.97 Å². The molecule has 24 heavy (non-hydrogen) atoms. The van der Waals surface area contributed by atoms with Crippen molar-refractivity contribution in [2.45, 2.75) is 38.7 Å². The Balaban J connectivity index is 2.13. The first kappa shape index (κ1) is 16.5. The van der Waals surface area contributed by atoms with Crippen LogP contribution in [0, 0.1) is 13.5 Å². The predicted molar refractivity (Wildman–Crippen MR) is 89.5 cm³/mol. The van der Waals surface area contributed by atoms with E-state index in [4.69, 9.17) is 12.3 Å². The average Bonchev–Trinajstić information content (AvgIpc) is 2.52. The Morgan fingerprint density at radius 2 is 1.96 bits per heavy atom. The van der Waals surface area contributed by atoms with Crippen LogP contribution in [0.2, 0.25) is 0 Å². The fourth-order valence-electron chi connectivity index (χ4n) is 2.99. The van der Waals surface area contributed by atoms with Gasteiger partial charge < -0.3 is 15.5 Å². The number of anilines is 1. The fourth-order valence-corrected chi connectivity index (χ4v) is 2.99. The normalized spacial score (nSPS) is 18.4. The van der Waals surface area contributed by atoms with E-state index in [1.165, 1.54) is 0 Å². The summed E-state index contributed by atoms with van der Waals surface area (Å²) in [5.41, 5.74) is 9.12. The molecule has 1 atom stereocenters. The molecule has 1 saturated heterocycles. The fraction of sp³-hybridized carbons (Fsp3) is 0.471. The molecule has 1 fully saturated rings. The summed E-state index contributed by atoms with van der Waals surface area (Å²) < 4.78 is 26.8. The van der Waals surface area contributed by atoms with Crippen LogP contribution in [0.5, 0.6) is 0 Å². The number of aryl methyl sites for hydroxylation is 1. The molecule has 2 heterocycles. The number of nitrogens with two attached hydrogens (primary N) is 1. The van der Waals surface area contributed by atoms with Crippen molar-refractivity contribution >= 4 is 22.7 Å². The zero-order valence-electron chi connectivity index (χ0n) is 13.7. The molecule has 0 aliphatic carbocycles. The third-order valence-corrected chi connectivity index (χ3v) is 4.30. The minimum atomic E-state index is -2.65. The van der Waals surface area contributed by atoms with Crippen molar-refractivity contribution in [3.63, 3.8) is 0 Å². The molecule has 2 aromatic rings. The molecule has 2 N–H and O–H groups in total. The van der Waals surface area contributed by atoms with Gasteiger partial charge in [-0.05, 0) is 31.0 Å². The van der Waals surface area contributed by atoms with Gasteiger partial charge in [-0.1, -0.05) is 12.6 Å². The number of benzene rings is 1. The molecule has 0 amide bonds. The monoisotopic (exact) mass is 331 g/mol. The number of aromatic nitrogens is 2. The van der Waals surface area contributed by atoms with E-state index in [9.17, 15) is 8.78 Å². The molecular weight excluding hydrogens is 312 g/mol. The quantitative estimate of drug-likeness (QED) is 0.852. The molecule has 0 unspecified atom stereocenters. The molecule has 3 rings (SSSR count). The highest BCUT2D eigenvalue weighted by Gasteiger charge is 2.35. The second-order valence-corrected chi connectivity index (χ2v) is 6.34. The van der Waals surface area contributed by atoms with Gasteiger partial charge in [-0.2, -0.15) is 0 Å². The minimum absolute atomic E-state index is 0.147. The lowest BCUT2D eigenvalue weighted by Gasteiger charge is -2.33. The number of piperidine rings is 1. The molecule has 0 radical (unpaired) electrons. The second kappa shape index (κ2) is 5.95. The van der Waals surface area contributed by atoms with Crippen molar-refractivity contribution in [3.05, 3.63) is 34.7 Å². The summed E-state index contributed by atoms with van der Waals surface area (Å²) in [6, 6.07) is 3.57. The smallest absolute Gasteiger partial charge is 0.312 e. The zero-order chi connectivity index (χ0) is 17.5. The molecule has 126 valence electrons. The van der Waals surface area contributed by atoms with Gasteiger partial charge in [0.15, 0.2) is 11.3 Å². The lowest BCUT2D eigenvalue weighted by molar-refractivity contribution is -0.0221. The van der Waals surface area contributed by atoms with Gasteiger partial charge in [-0.15, -0.1) is 4.98 Å².